The number of nitrogens with zero attached hydrogens (tertiary/aromatic N) is 1. The van der Waals surface area contributed by atoms with Crippen LogP contribution in [0.25, 0.3) is 0 Å². The van der Waals surface area contributed by atoms with Gasteiger partial charge in [0.1, 0.15) is 0 Å². The molecular weight excluding hydrogens is 182 g/mol. The van der Waals surface area contributed by atoms with Gasteiger partial charge >= 0.3 is 5.97 Å². The van der Waals surface area contributed by atoms with E-state index in [1.165, 1.54) is 13.3 Å². The summed E-state index contributed by atoms with van der Waals surface area (Å²) in [7, 11) is 1.22. The number of rotatable bonds is 2. The lowest BCUT2D eigenvalue weighted by Crippen LogP contribution is -2.17. The highest BCUT2D eigenvalue weighted by molar-refractivity contribution is 6.42. The molecule has 1 rings (SSSR count). The average Bonchev–Trinajstić information content (AvgIpc) is 2.15. The molecule has 14 heavy (non-hydrogen) atoms. The summed E-state index contributed by atoms with van der Waals surface area (Å²) in [6, 6.07) is 1.60. The normalized spacial score (nSPS) is 9.57. The van der Waals surface area contributed by atoms with Gasteiger partial charge in [0.2, 0.25) is 0 Å². The fourth-order valence-corrected chi connectivity index (χ4v) is 1.00. The van der Waals surface area contributed by atoms with Crippen molar-refractivity contribution in [2.24, 2.45) is 0 Å². The average molecular weight is 193 g/mol. The van der Waals surface area contributed by atoms with Gasteiger partial charge < -0.3 is 10.5 Å². The molecule has 0 atom stereocenters. The number of hydrogen-bond acceptors (Lipinski definition) is 5. The molecule has 0 saturated heterocycles. The Hall–Kier alpha value is -1.91. The van der Waals surface area contributed by atoms with E-state index in [2.05, 4.69) is 9.72 Å². The van der Waals surface area contributed by atoms with Gasteiger partial charge in [0.15, 0.2) is 5.71 Å². The number of carbonyl (C=O) groups is 1. The Bertz CT molecular complexity index is 388. The van der Waals surface area contributed by atoms with E-state index in [0.717, 1.165) is 5.69 Å². The van der Waals surface area contributed by atoms with Crippen molar-refractivity contribution in [3.05, 3.63) is 23.5 Å². The monoisotopic (exact) mass is 193 g/mol. The Balaban J connectivity index is 3.08. The van der Waals surface area contributed by atoms with Gasteiger partial charge in [0, 0.05) is 23.1 Å². The molecule has 0 amide bonds. The Morgan fingerprint density at radius 3 is 2.79 bits per heavy atom. The second-order valence-electron chi connectivity index (χ2n) is 2.78. The number of methoxy groups -OCH3 is 1. The molecule has 1 aromatic rings. The summed E-state index contributed by atoms with van der Waals surface area (Å²) in [6.07, 6.45) is 1.39. The van der Waals surface area contributed by atoms with Crippen LogP contribution in [0.15, 0.2) is 12.3 Å². The van der Waals surface area contributed by atoms with Crippen LogP contribution in [-0.2, 0) is 9.53 Å². The van der Waals surface area contributed by atoms with Gasteiger partial charge in [-0.1, -0.05) is 0 Å². The third-order valence-electron chi connectivity index (χ3n) is 1.73. The largest absolute Gasteiger partial charge is 0.464 e. The van der Waals surface area contributed by atoms with Crippen molar-refractivity contribution in [2.45, 2.75) is 6.92 Å². The molecule has 0 spiro atoms. The molecule has 0 saturated carbocycles. The van der Waals surface area contributed by atoms with Crippen LogP contribution in [0.5, 0.6) is 0 Å². The van der Waals surface area contributed by atoms with E-state index in [-0.39, 0.29) is 5.71 Å². The van der Waals surface area contributed by atoms with Crippen molar-refractivity contribution in [1.29, 1.82) is 5.41 Å². The molecule has 74 valence electrons. The fraction of sp³-hybridized carbons (Fsp3) is 0.222. The molecule has 0 aliphatic carbocycles. The number of hydrogen-bond donors (Lipinski definition) is 2. The summed E-state index contributed by atoms with van der Waals surface area (Å²) >= 11 is 0. The van der Waals surface area contributed by atoms with Gasteiger partial charge in [0.05, 0.1) is 7.11 Å². The van der Waals surface area contributed by atoms with Crippen LogP contribution in [0.4, 0.5) is 5.69 Å². The van der Waals surface area contributed by atoms with Gasteiger partial charge in [-0.15, -0.1) is 0 Å². The van der Waals surface area contributed by atoms with Crippen molar-refractivity contribution < 1.29 is 9.53 Å². The maximum absolute atomic E-state index is 11.0. The first-order chi connectivity index (χ1) is 6.56. The SMILES string of the molecule is COC(=O)C(=N)c1cnc(C)cc1N. The number of anilines is 1. The number of aryl methyl sites for hydroxylation is 1. The number of nitrogens with two attached hydrogens (primary N) is 1. The van der Waals surface area contributed by atoms with E-state index >= 15 is 0 Å². The van der Waals surface area contributed by atoms with Gasteiger partial charge in [-0.25, -0.2) is 4.79 Å². The molecule has 0 aromatic carbocycles. The van der Waals surface area contributed by atoms with E-state index in [0.29, 0.717) is 11.3 Å². The number of esters is 1. The molecule has 1 heterocycles. The maximum atomic E-state index is 11.0. The van der Waals surface area contributed by atoms with Crippen molar-refractivity contribution in [3.8, 4) is 0 Å². The topological polar surface area (TPSA) is 89.1 Å². The van der Waals surface area contributed by atoms with Crippen molar-refractivity contribution in [2.75, 3.05) is 12.8 Å². The quantitative estimate of drug-likeness (QED) is 0.529. The lowest BCUT2D eigenvalue weighted by Gasteiger charge is -2.05. The number of pyridine rings is 1. The molecular formula is C9H11N3O2. The maximum Gasteiger partial charge on any atom is 0.356 e. The number of nitrogens with one attached hydrogen (secondary N) is 1. The van der Waals surface area contributed by atoms with Crippen LogP contribution in [0.2, 0.25) is 0 Å². The highest BCUT2D eigenvalue weighted by Crippen LogP contribution is 2.12. The zero-order chi connectivity index (χ0) is 10.7. The number of nitrogen functional groups attached to an aromatic ring is 1. The Labute approximate surface area is 81.4 Å². The zero-order valence-corrected chi connectivity index (χ0v) is 8.00. The first-order valence-electron chi connectivity index (χ1n) is 3.95. The summed E-state index contributed by atoms with van der Waals surface area (Å²) in [6.45, 7) is 1.78. The van der Waals surface area contributed by atoms with Crippen LogP contribution < -0.4 is 5.73 Å². The third-order valence-corrected chi connectivity index (χ3v) is 1.73. The zero-order valence-electron chi connectivity index (χ0n) is 8.00. The molecule has 1 aromatic heterocycles. The van der Waals surface area contributed by atoms with E-state index in [1.54, 1.807) is 13.0 Å². The number of ether oxygens (including phenoxy) is 1. The van der Waals surface area contributed by atoms with Gasteiger partial charge in [-0.2, -0.15) is 0 Å². The Morgan fingerprint density at radius 1 is 1.64 bits per heavy atom. The van der Waals surface area contributed by atoms with E-state index < -0.39 is 5.97 Å². The molecule has 5 heteroatoms. The minimum atomic E-state index is -0.720. The third kappa shape index (κ3) is 1.87. The van der Waals surface area contributed by atoms with E-state index in [9.17, 15) is 4.79 Å². The molecule has 0 aliphatic rings. The second-order valence-corrected chi connectivity index (χ2v) is 2.78. The Kier molecular flexibility index (Phi) is 2.81. The molecule has 3 N–H and O–H groups in total. The predicted molar refractivity (Wildman–Crippen MR) is 52.2 cm³/mol. The minimum absolute atomic E-state index is 0.280. The fourth-order valence-electron chi connectivity index (χ4n) is 1.00. The highest BCUT2D eigenvalue weighted by atomic mass is 16.5. The molecule has 5 nitrogen and oxygen atoms in total. The van der Waals surface area contributed by atoms with Gasteiger partial charge in [-0.3, -0.25) is 10.4 Å². The summed E-state index contributed by atoms with van der Waals surface area (Å²) in [5, 5.41) is 7.45. The van der Waals surface area contributed by atoms with Crippen LogP contribution in [0.1, 0.15) is 11.3 Å². The summed E-state index contributed by atoms with van der Waals surface area (Å²) in [4.78, 5) is 15.0. The van der Waals surface area contributed by atoms with Crippen LogP contribution in [-0.4, -0.2) is 23.8 Å². The second kappa shape index (κ2) is 3.87. The predicted octanol–water partition coefficient (Wildman–Crippen LogP) is 0.513. The first kappa shape index (κ1) is 10.2. The van der Waals surface area contributed by atoms with Gasteiger partial charge in [-0.05, 0) is 13.0 Å². The lowest BCUT2D eigenvalue weighted by atomic mass is 10.1. The first-order valence-corrected chi connectivity index (χ1v) is 3.95. The Morgan fingerprint density at radius 2 is 2.29 bits per heavy atom. The summed E-state index contributed by atoms with van der Waals surface area (Å²) < 4.78 is 4.40. The van der Waals surface area contributed by atoms with Crippen molar-refractivity contribution in [3.63, 3.8) is 0 Å². The molecule has 0 radical (unpaired) electrons. The molecule has 0 aliphatic heterocycles. The number of carbonyl (C=O) groups excluding carboxylic acids is 1. The van der Waals surface area contributed by atoms with E-state index in [1.807, 2.05) is 0 Å². The summed E-state index contributed by atoms with van der Waals surface area (Å²) in [5.41, 5.74) is 6.73. The van der Waals surface area contributed by atoms with Crippen molar-refractivity contribution in [1.82, 2.24) is 4.98 Å². The summed E-state index contributed by atoms with van der Waals surface area (Å²) in [5.74, 6) is -0.720. The molecule has 0 unspecified atom stereocenters. The van der Waals surface area contributed by atoms with Crippen LogP contribution >= 0.6 is 0 Å². The molecule has 0 fully saturated rings. The minimum Gasteiger partial charge on any atom is -0.464 e. The smallest absolute Gasteiger partial charge is 0.356 e. The molecule has 0 bridgehead atoms. The van der Waals surface area contributed by atoms with Crippen molar-refractivity contribution >= 4 is 17.4 Å². The van der Waals surface area contributed by atoms with Crippen LogP contribution in [0, 0.1) is 12.3 Å². The lowest BCUT2D eigenvalue weighted by molar-refractivity contribution is -0.132. The van der Waals surface area contributed by atoms with Crippen LogP contribution in [0.3, 0.4) is 0 Å². The van der Waals surface area contributed by atoms with E-state index in [4.69, 9.17) is 11.1 Å². The number of aromatic nitrogens is 1. The standard InChI is InChI=1S/C9H11N3O2/c1-5-3-7(10)6(4-12-5)8(11)9(13)14-2/h3-4,11H,1-2H3,(H2,10,12). The van der Waals surface area contributed by atoms with Gasteiger partial charge in [0.25, 0.3) is 0 Å². The highest BCUT2D eigenvalue weighted by Gasteiger charge is 2.15.